The van der Waals surface area contributed by atoms with E-state index in [4.69, 9.17) is 0 Å². The summed E-state index contributed by atoms with van der Waals surface area (Å²) < 4.78 is 5.19. The second kappa shape index (κ2) is 12.2. The molecule has 44 heavy (non-hydrogen) atoms. The molecule has 4 aromatic rings. The molecule has 0 spiro atoms. The molecule has 3 heteroatoms. The van der Waals surface area contributed by atoms with Gasteiger partial charge in [0.25, 0.3) is 0 Å². The van der Waals surface area contributed by atoms with E-state index in [1.807, 2.05) is 3.21 Å². The molecule has 0 aliphatic heterocycles. The van der Waals surface area contributed by atoms with Gasteiger partial charge in [0.05, 0.1) is 0 Å². The Labute approximate surface area is 280 Å². The fraction of sp³-hybridized carbons (Fsp3) is 0.195. The summed E-state index contributed by atoms with van der Waals surface area (Å²) in [5.41, 5.74) is 6.20. The molecule has 0 atom stereocenters. The van der Waals surface area contributed by atoms with Crippen LogP contribution in [-0.4, -0.2) is 3.21 Å². The average Bonchev–Trinajstić information content (AvgIpc) is 3.66. The van der Waals surface area contributed by atoms with Gasteiger partial charge in [-0.3, -0.25) is 0 Å². The summed E-state index contributed by atoms with van der Waals surface area (Å²) in [6.45, 7) is 9.81. The fourth-order valence-corrected chi connectivity index (χ4v) is 17.1. The van der Waals surface area contributed by atoms with Gasteiger partial charge in [0.1, 0.15) is 0 Å². The fourth-order valence-electron chi connectivity index (χ4n) is 8.18. The molecule has 0 saturated carbocycles. The molecule has 0 bridgehead atoms. The molecule has 4 aliphatic rings. The van der Waals surface area contributed by atoms with Crippen LogP contribution in [0.3, 0.4) is 0 Å². The Morgan fingerprint density at radius 2 is 0.909 bits per heavy atom. The van der Waals surface area contributed by atoms with Crippen LogP contribution in [0.2, 0.25) is 0 Å². The first-order chi connectivity index (χ1) is 20.5. The van der Waals surface area contributed by atoms with E-state index in [1.54, 1.807) is 17.7 Å². The molecule has 4 aliphatic carbocycles. The minimum atomic E-state index is -2.65. The molecular formula is C41H36Cl2Zr. The minimum absolute atomic E-state index is 0. The Morgan fingerprint density at radius 1 is 0.523 bits per heavy atom. The third kappa shape index (κ3) is 4.62. The summed E-state index contributed by atoms with van der Waals surface area (Å²) >= 11 is -2.65. The molecule has 4 aromatic carbocycles. The maximum absolute atomic E-state index is 2.65. The number of hydrogen-bond donors (Lipinski definition) is 0. The second-order valence-corrected chi connectivity index (χ2v) is 18.6. The van der Waals surface area contributed by atoms with E-state index in [0.717, 1.165) is 12.8 Å². The first kappa shape index (κ1) is 31.2. The van der Waals surface area contributed by atoms with Crippen LogP contribution in [0, 0.1) is 11.8 Å². The topological polar surface area (TPSA) is 0 Å². The van der Waals surface area contributed by atoms with Crippen molar-refractivity contribution in [2.45, 2.75) is 40.5 Å². The van der Waals surface area contributed by atoms with Crippen LogP contribution in [0.1, 0.15) is 49.9 Å². The minimum Gasteiger partial charge on any atom is -1.00 e. The summed E-state index contributed by atoms with van der Waals surface area (Å²) in [6.07, 6.45) is 26.0. The van der Waals surface area contributed by atoms with Crippen molar-refractivity contribution >= 4 is 55.6 Å². The molecule has 0 aromatic heterocycles. The van der Waals surface area contributed by atoms with E-state index in [1.165, 1.54) is 53.5 Å². The molecule has 0 N–H and O–H groups in total. The Bertz CT molecular complexity index is 2130. The predicted octanol–water partition coefficient (Wildman–Crippen LogP) is 0.859. The van der Waals surface area contributed by atoms with Gasteiger partial charge in [-0.2, -0.15) is 0 Å². The summed E-state index contributed by atoms with van der Waals surface area (Å²) in [6, 6.07) is 18.2. The van der Waals surface area contributed by atoms with Crippen molar-refractivity contribution in [3.8, 4) is 0 Å². The van der Waals surface area contributed by atoms with Gasteiger partial charge in [0, 0.05) is 0 Å². The zero-order valence-corrected chi connectivity index (χ0v) is 29.7. The smallest absolute Gasteiger partial charge is 1.00 e. The average molecular weight is 691 g/mol. The van der Waals surface area contributed by atoms with E-state index in [2.05, 4.69) is 137 Å². The molecule has 0 unspecified atom stereocenters. The van der Waals surface area contributed by atoms with Crippen molar-refractivity contribution in [1.29, 1.82) is 0 Å². The van der Waals surface area contributed by atoms with Gasteiger partial charge in [0.15, 0.2) is 0 Å². The predicted molar refractivity (Wildman–Crippen MR) is 181 cm³/mol. The van der Waals surface area contributed by atoms with Crippen LogP contribution < -0.4 is 45.7 Å². The zero-order valence-electron chi connectivity index (χ0n) is 25.7. The van der Waals surface area contributed by atoms with Crippen LogP contribution in [-0.2, 0) is 34.1 Å². The second-order valence-electron chi connectivity index (χ2n) is 12.7. The Morgan fingerprint density at radius 3 is 1.30 bits per heavy atom. The number of rotatable bonds is 4. The Kier molecular flexibility index (Phi) is 8.62. The van der Waals surface area contributed by atoms with Gasteiger partial charge in [-0.05, 0) is 0 Å². The summed E-state index contributed by atoms with van der Waals surface area (Å²) in [7, 11) is 0. The molecule has 0 amide bonds. The molecule has 0 saturated heterocycles. The van der Waals surface area contributed by atoms with Gasteiger partial charge in [0.2, 0.25) is 0 Å². The summed E-state index contributed by atoms with van der Waals surface area (Å²) in [4.78, 5) is 0. The van der Waals surface area contributed by atoms with Crippen LogP contribution >= 0.6 is 0 Å². The number of benzene rings is 4. The van der Waals surface area contributed by atoms with Crippen molar-refractivity contribution < 1.29 is 46.1 Å². The first-order valence-corrected chi connectivity index (χ1v) is 19.2. The Hall–Kier alpha value is -2.83. The van der Waals surface area contributed by atoms with Crippen molar-refractivity contribution in [3.63, 3.8) is 0 Å². The number of fused-ring (bicyclic) bond motifs is 12. The third-order valence-electron chi connectivity index (χ3n) is 9.69. The van der Waals surface area contributed by atoms with Gasteiger partial charge in [-0.15, -0.1) is 0 Å². The molecular weight excluding hydrogens is 655 g/mol. The van der Waals surface area contributed by atoms with Gasteiger partial charge < -0.3 is 24.8 Å². The molecule has 0 fully saturated rings. The van der Waals surface area contributed by atoms with Crippen LogP contribution in [0.5, 0.6) is 0 Å². The maximum atomic E-state index is 2.56. The zero-order chi connectivity index (χ0) is 28.5. The first-order valence-electron chi connectivity index (χ1n) is 15.5. The molecule has 0 radical (unpaired) electrons. The number of allylic oxidation sites excluding steroid dienone is 6. The van der Waals surface area contributed by atoms with Crippen molar-refractivity contribution in [2.75, 3.05) is 0 Å². The third-order valence-corrected chi connectivity index (χ3v) is 18.6. The van der Waals surface area contributed by atoms with Gasteiger partial charge in [-0.25, -0.2) is 0 Å². The quantitative estimate of drug-likeness (QED) is 0.299. The van der Waals surface area contributed by atoms with Crippen LogP contribution in [0.25, 0.3) is 52.4 Å². The number of halogens is 2. The van der Waals surface area contributed by atoms with Gasteiger partial charge in [-0.1, -0.05) is 0 Å². The molecule has 218 valence electrons. The largest absolute Gasteiger partial charge is 1.00 e. The monoisotopic (exact) mass is 688 g/mol. The molecule has 0 nitrogen and oxygen atoms in total. The van der Waals surface area contributed by atoms with Crippen molar-refractivity contribution in [1.82, 2.24) is 0 Å². The van der Waals surface area contributed by atoms with E-state index in [-0.39, 0.29) is 24.8 Å². The SMILES string of the molecule is CC(C)[C](C(C)C)=[Zr+2]([C]1=CC=c2c1c1c(c3ccccc23)=CC=CC1)[C]1=CC=c2c1c1c(c3ccccc23)=CC=CC1.[Cl-].[Cl-]. The van der Waals surface area contributed by atoms with E-state index in [0.29, 0.717) is 11.8 Å². The van der Waals surface area contributed by atoms with Crippen LogP contribution in [0.4, 0.5) is 0 Å². The van der Waals surface area contributed by atoms with Gasteiger partial charge >= 0.3 is 257 Å². The van der Waals surface area contributed by atoms with Crippen molar-refractivity contribution in [2.24, 2.45) is 11.8 Å². The van der Waals surface area contributed by atoms with E-state index in [9.17, 15) is 0 Å². The maximum Gasteiger partial charge on any atom is -1.00 e. The number of hydrogen-bond acceptors (Lipinski definition) is 0. The van der Waals surface area contributed by atoms with Crippen molar-refractivity contribution in [3.05, 3.63) is 128 Å². The normalized spacial score (nSPS) is 14.8. The van der Waals surface area contributed by atoms with E-state index >= 15 is 0 Å². The van der Waals surface area contributed by atoms with E-state index < -0.39 is 21.3 Å². The summed E-state index contributed by atoms with van der Waals surface area (Å²) in [5, 5.41) is 11.4. The summed E-state index contributed by atoms with van der Waals surface area (Å²) in [5.74, 6) is 1.11. The standard InChI is InChI=1S/2C17H11.C7H14.2ClH.Zr/c2*1-3-8-14-12(6-1)13-7-2-4-9-15(13)17-11-5-10-16(14)17;1-6(2)5-7(3)4;;;/h2*1-8,10H,9H2;6-7H,1-4H3;2*1H;/q;;;;;+2/p-2. The van der Waals surface area contributed by atoms with Crippen LogP contribution in [0.15, 0.2) is 85.0 Å². The Balaban J connectivity index is 0.00000171. The molecule has 0 heterocycles. The molecule has 8 rings (SSSR count).